The van der Waals surface area contributed by atoms with E-state index in [0.717, 1.165) is 18.5 Å². The van der Waals surface area contributed by atoms with Crippen LogP contribution in [0.3, 0.4) is 0 Å². The van der Waals surface area contributed by atoms with Crippen LogP contribution in [0.25, 0.3) is 0 Å². The Morgan fingerprint density at radius 2 is 1.58 bits per heavy atom. The molecule has 0 aliphatic heterocycles. The minimum Gasteiger partial charge on any atom is -0.523 e. The molecule has 2 rings (SSSR count). The number of ether oxygens (including phenoxy) is 5. The van der Waals surface area contributed by atoms with Gasteiger partial charge < -0.3 is 28.6 Å². The molecule has 0 fully saturated rings. The van der Waals surface area contributed by atoms with E-state index in [2.05, 4.69) is 11.0 Å². The zero-order chi connectivity index (χ0) is 27.6. The number of esters is 2. The van der Waals surface area contributed by atoms with Crippen LogP contribution >= 0.6 is 0 Å². The summed E-state index contributed by atoms with van der Waals surface area (Å²) in [6.45, 7) is 6.75. The van der Waals surface area contributed by atoms with E-state index in [0.29, 0.717) is 35.8 Å². The largest absolute Gasteiger partial charge is 0.523 e. The zero-order valence-corrected chi connectivity index (χ0v) is 24.7. The summed E-state index contributed by atoms with van der Waals surface area (Å²) >= 11 is 0. The third-order valence-corrected chi connectivity index (χ3v) is 6.09. The Morgan fingerprint density at radius 3 is 2.16 bits per heavy atom. The Kier molecular flexibility index (Phi) is 13.1. The fraction of sp³-hybridized carbons (Fsp3) is 0.517. The molecule has 0 aliphatic carbocycles. The van der Waals surface area contributed by atoms with Crippen molar-refractivity contribution in [2.75, 3.05) is 48.6 Å². The van der Waals surface area contributed by atoms with Crippen molar-refractivity contribution in [3.05, 3.63) is 53.6 Å². The summed E-state index contributed by atoms with van der Waals surface area (Å²) in [6, 6.07) is 13.8. The predicted octanol–water partition coefficient (Wildman–Crippen LogP) is 4.22. The first-order chi connectivity index (χ1) is 17.5. The molecule has 9 heteroatoms. The molecule has 0 aliphatic rings. The van der Waals surface area contributed by atoms with Crippen LogP contribution in [-0.2, 0) is 47.7 Å². The van der Waals surface area contributed by atoms with Crippen molar-refractivity contribution in [1.29, 1.82) is 0 Å². The molecule has 0 aromatic heterocycles. The van der Waals surface area contributed by atoms with Gasteiger partial charge in [-0.05, 0) is 71.3 Å². The molecule has 0 heterocycles. The summed E-state index contributed by atoms with van der Waals surface area (Å²) in [7, 11) is 8.03. The van der Waals surface area contributed by atoms with Crippen molar-refractivity contribution in [1.82, 2.24) is 4.90 Å². The SMILES string of the molecule is COC(=O)C(CCCN(C)CCc1ccc(OC)c(OC)c1)(C(=O)OC(C)(C)C)c1cc[c-]c(OC)c1.[Co]. The Hall–Kier alpha value is -2.75. The fourth-order valence-corrected chi connectivity index (χ4v) is 4.12. The van der Waals surface area contributed by atoms with Crippen LogP contribution in [-0.4, -0.2) is 71.0 Å². The molecule has 1 atom stereocenters. The van der Waals surface area contributed by atoms with Crippen molar-refractivity contribution in [2.24, 2.45) is 0 Å². The molecule has 213 valence electrons. The second kappa shape index (κ2) is 15.0. The molecule has 2 aromatic carbocycles. The van der Waals surface area contributed by atoms with Crippen LogP contribution in [0, 0.1) is 6.07 Å². The fourth-order valence-electron chi connectivity index (χ4n) is 4.12. The minimum atomic E-state index is -1.63. The molecule has 0 saturated carbocycles. The van der Waals surface area contributed by atoms with E-state index in [4.69, 9.17) is 23.7 Å². The quantitative estimate of drug-likeness (QED) is 0.200. The number of hydrogen-bond donors (Lipinski definition) is 0. The van der Waals surface area contributed by atoms with Gasteiger partial charge in [-0.3, -0.25) is 9.59 Å². The number of benzene rings is 2. The van der Waals surface area contributed by atoms with E-state index >= 15 is 0 Å². The second-order valence-corrected chi connectivity index (χ2v) is 9.89. The Balaban J connectivity index is 0.00000722. The van der Waals surface area contributed by atoms with Crippen molar-refractivity contribution >= 4 is 11.9 Å². The van der Waals surface area contributed by atoms with Crippen LogP contribution in [0.1, 0.15) is 44.7 Å². The third kappa shape index (κ3) is 8.64. The average Bonchev–Trinajstić information content (AvgIpc) is 2.88. The molecular weight excluding hydrogens is 533 g/mol. The van der Waals surface area contributed by atoms with Crippen molar-refractivity contribution < 1.29 is 50.1 Å². The predicted molar refractivity (Wildman–Crippen MR) is 141 cm³/mol. The molecule has 8 nitrogen and oxygen atoms in total. The normalized spacial score (nSPS) is 12.7. The number of carbonyl (C=O) groups is 2. The molecule has 0 N–H and O–H groups in total. The zero-order valence-electron chi connectivity index (χ0n) is 23.6. The van der Waals surface area contributed by atoms with Gasteiger partial charge in [0.15, 0.2) is 16.9 Å². The molecular formula is C29H40CoNO7-. The van der Waals surface area contributed by atoms with E-state index in [-0.39, 0.29) is 23.2 Å². The van der Waals surface area contributed by atoms with Gasteiger partial charge in [-0.15, -0.1) is 17.7 Å². The van der Waals surface area contributed by atoms with E-state index in [1.54, 1.807) is 53.2 Å². The van der Waals surface area contributed by atoms with E-state index in [1.165, 1.54) is 14.2 Å². The number of rotatable bonds is 13. The standard InChI is InChI=1S/C29H40NO7.Co/c1-28(2,3)37-27(32)29(26(31)36-8,22-11-9-12-23(20-22)33-5)16-10-17-30(4)18-15-21-13-14-24(34-6)25(19-21)35-7;/h9,11,13-14,19-20H,10,15-18H2,1-8H3;/q-1;. The van der Waals surface area contributed by atoms with E-state index < -0.39 is 23.0 Å². The minimum absolute atomic E-state index is 0. The van der Waals surface area contributed by atoms with Crippen molar-refractivity contribution in [3.8, 4) is 17.2 Å². The number of methoxy groups -OCH3 is 4. The van der Waals surface area contributed by atoms with Crippen LogP contribution in [0.15, 0.2) is 36.4 Å². The maximum atomic E-state index is 13.6. The van der Waals surface area contributed by atoms with E-state index in [9.17, 15) is 9.59 Å². The summed E-state index contributed by atoms with van der Waals surface area (Å²) in [4.78, 5) is 29.0. The van der Waals surface area contributed by atoms with Crippen LogP contribution < -0.4 is 14.2 Å². The maximum absolute atomic E-state index is 13.6. The summed E-state index contributed by atoms with van der Waals surface area (Å²) in [6.07, 6.45) is 1.57. The van der Waals surface area contributed by atoms with Gasteiger partial charge in [0.05, 0.1) is 28.4 Å². The first-order valence-electron chi connectivity index (χ1n) is 12.3. The third-order valence-electron chi connectivity index (χ3n) is 6.09. The van der Waals surface area contributed by atoms with E-state index in [1.807, 2.05) is 25.2 Å². The Labute approximate surface area is 237 Å². The molecule has 0 saturated heterocycles. The Morgan fingerprint density at radius 1 is 0.895 bits per heavy atom. The average molecular weight is 574 g/mol. The molecule has 38 heavy (non-hydrogen) atoms. The van der Waals surface area contributed by atoms with Crippen molar-refractivity contribution in [3.63, 3.8) is 0 Å². The van der Waals surface area contributed by atoms with Gasteiger partial charge in [-0.1, -0.05) is 6.07 Å². The number of nitrogens with zero attached hydrogens (tertiary/aromatic N) is 1. The molecule has 0 amide bonds. The topological polar surface area (TPSA) is 83.5 Å². The summed E-state index contributed by atoms with van der Waals surface area (Å²) in [5.41, 5.74) is -0.835. The van der Waals surface area contributed by atoms with Crippen LogP contribution in [0.2, 0.25) is 0 Å². The second-order valence-electron chi connectivity index (χ2n) is 9.89. The van der Waals surface area contributed by atoms with Crippen LogP contribution in [0.4, 0.5) is 0 Å². The number of likely N-dealkylation sites (N-methyl/N-ethyl adjacent to an activating group) is 1. The molecule has 2 aromatic rings. The smallest absolute Gasteiger partial charge is 0.326 e. The summed E-state index contributed by atoms with van der Waals surface area (Å²) < 4.78 is 26.9. The first-order valence-corrected chi connectivity index (χ1v) is 12.3. The first kappa shape index (κ1) is 33.3. The van der Waals surface area contributed by atoms with Gasteiger partial charge in [0.1, 0.15) is 5.60 Å². The number of hydrogen-bond acceptors (Lipinski definition) is 8. The van der Waals surface area contributed by atoms with Crippen LogP contribution in [0.5, 0.6) is 17.2 Å². The van der Waals surface area contributed by atoms with Crippen molar-refractivity contribution in [2.45, 2.75) is 51.0 Å². The monoisotopic (exact) mass is 573 g/mol. The number of carbonyl (C=O) groups excluding carboxylic acids is 2. The van der Waals surface area contributed by atoms with Gasteiger partial charge >= 0.3 is 11.9 Å². The van der Waals surface area contributed by atoms with Gasteiger partial charge in [0, 0.05) is 29.1 Å². The molecule has 1 radical (unpaired) electrons. The molecule has 0 bridgehead atoms. The summed E-state index contributed by atoms with van der Waals surface area (Å²) in [5, 5.41) is 0. The van der Waals surface area contributed by atoms with Gasteiger partial charge in [0.2, 0.25) is 0 Å². The molecule has 1 unspecified atom stereocenters. The molecule has 0 spiro atoms. The Bertz CT molecular complexity index is 1050. The maximum Gasteiger partial charge on any atom is 0.326 e. The van der Waals surface area contributed by atoms with Gasteiger partial charge in [-0.2, -0.15) is 12.1 Å². The summed E-state index contributed by atoms with van der Waals surface area (Å²) in [5.74, 6) is 0.492. The van der Waals surface area contributed by atoms with Gasteiger partial charge in [0.25, 0.3) is 0 Å². The van der Waals surface area contributed by atoms with Gasteiger partial charge in [-0.25, -0.2) is 0 Å².